The van der Waals surface area contributed by atoms with E-state index in [1.807, 2.05) is 6.07 Å². The summed E-state index contributed by atoms with van der Waals surface area (Å²) in [4.78, 5) is 11.1. The van der Waals surface area contributed by atoms with Crippen molar-refractivity contribution < 1.29 is 9.90 Å². The maximum absolute atomic E-state index is 11.1. The van der Waals surface area contributed by atoms with Crippen molar-refractivity contribution in [3.05, 3.63) is 71.4 Å². The number of rotatable bonds is 4. The van der Waals surface area contributed by atoms with Gasteiger partial charge < -0.3 is 9.67 Å². The van der Waals surface area contributed by atoms with Gasteiger partial charge in [-0.05, 0) is 42.4 Å². The molecule has 122 valence electrons. The molecule has 0 fully saturated rings. The van der Waals surface area contributed by atoms with Gasteiger partial charge in [0.25, 0.3) is 0 Å². The average molecular weight is 319 g/mol. The lowest BCUT2D eigenvalue weighted by Crippen LogP contribution is -2.19. The summed E-state index contributed by atoms with van der Waals surface area (Å²) in [5, 5.41) is 10.4. The molecule has 1 aliphatic carbocycles. The molecule has 1 aliphatic rings. The van der Waals surface area contributed by atoms with Crippen molar-refractivity contribution in [2.24, 2.45) is 5.92 Å². The Balaban J connectivity index is 1.77. The van der Waals surface area contributed by atoms with Crippen LogP contribution in [0.1, 0.15) is 29.7 Å². The van der Waals surface area contributed by atoms with E-state index in [2.05, 4.69) is 53.1 Å². The summed E-state index contributed by atoms with van der Waals surface area (Å²) in [5.74, 6) is -0.428. The molecule has 1 N–H and O–H groups in total. The first-order chi connectivity index (χ1) is 11.7. The molecule has 1 aromatic heterocycles. The fourth-order valence-electron chi connectivity index (χ4n) is 4.04. The lowest BCUT2D eigenvalue weighted by molar-refractivity contribution is -0.138. The predicted octanol–water partition coefficient (Wildman–Crippen LogP) is 4.27. The molecule has 24 heavy (non-hydrogen) atoms. The molecule has 1 unspecified atom stereocenters. The number of hydrogen-bond donors (Lipinski definition) is 1. The highest BCUT2D eigenvalue weighted by atomic mass is 16.4. The second-order valence-electron chi connectivity index (χ2n) is 6.72. The van der Waals surface area contributed by atoms with Crippen LogP contribution in [0.4, 0.5) is 0 Å². The molecule has 3 aromatic rings. The van der Waals surface area contributed by atoms with Crippen LogP contribution >= 0.6 is 0 Å². The van der Waals surface area contributed by atoms with Gasteiger partial charge in [0.1, 0.15) is 0 Å². The Hall–Kier alpha value is -2.55. The summed E-state index contributed by atoms with van der Waals surface area (Å²) < 4.78 is 2.43. The minimum absolute atomic E-state index is 0.256. The number of para-hydroxylation sites is 1. The Morgan fingerprint density at radius 1 is 1.08 bits per heavy atom. The van der Waals surface area contributed by atoms with Crippen molar-refractivity contribution in [2.75, 3.05) is 0 Å². The van der Waals surface area contributed by atoms with Gasteiger partial charge in [0.05, 0.1) is 0 Å². The summed E-state index contributed by atoms with van der Waals surface area (Å²) in [6, 6.07) is 19.1. The molecule has 0 spiro atoms. The largest absolute Gasteiger partial charge is 0.481 e. The third kappa shape index (κ3) is 2.71. The predicted molar refractivity (Wildman–Crippen MR) is 95.2 cm³/mol. The first kappa shape index (κ1) is 15.0. The quantitative estimate of drug-likeness (QED) is 0.780. The van der Waals surface area contributed by atoms with Gasteiger partial charge in [-0.15, -0.1) is 0 Å². The number of nitrogens with zero attached hydrogens (tertiary/aromatic N) is 1. The van der Waals surface area contributed by atoms with Crippen LogP contribution in [0.2, 0.25) is 0 Å². The van der Waals surface area contributed by atoms with Crippen molar-refractivity contribution in [3.63, 3.8) is 0 Å². The van der Waals surface area contributed by atoms with Crippen molar-refractivity contribution in [1.29, 1.82) is 0 Å². The molecule has 0 radical (unpaired) electrons. The lowest BCUT2D eigenvalue weighted by Gasteiger charge is -2.23. The van der Waals surface area contributed by atoms with Crippen LogP contribution in [0.25, 0.3) is 10.9 Å². The van der Waals surface area contributed by atoms with Gasteiger partial charge in [-0.2, -0.15) is 0 Å². The van der Waals surface area contributed by atoms with Gasteiger partial charge >= 0.3 is 5.97 Å². The number of hydrogen-bond acceptors (Lipinski definition) is 1. The highest BCUT2D eigenvalue weighted by molar-refractivity contribution is 5.86. The minimum atomic E-state index is -0.684. The van der Waals surface area contributed by atoms with E-state index < -0.39 is 5.97 Å². The van der Waals surface area contributed by atoms with Crippen molar-refractivity contribution in [2.45, 2.75) is 32.2 Å². The van der Waals surface area contributed by atoms with Crippen LogP contribution in [0.3, 0.4) is 0 Å². The molecule has 0 aliphatic heterocycles. The molecule has 0 saturated carbocycles. The van der Waals surface area contributed by atoms with Gasteiger partial charge in [-0.1, -0.05) is 48.5 Å². The van der Waals surface area contributed by atoms with Crippen molar-refractivity contribution in [1.82, 2.24) is 4.57 Å². The van der Waals surface area contributed by atoms with Crippen LogP contribution in [0.15, 0.2) is 54.6 Å². The standard InChI is InChI=1S/C21H21NO2/c23-21(24)13-16-10-11-20-18(12-16)17-8-4-5-9-19(17)22(20)14-15-6-2-1-3-7-15/h1-9,16H,10-14H2,(H,23,24). The second-order valence-corrected chi connectivity index (χ2v) is 6.72. The molecule has 0 bridgehead atoms. The third-order valence-electron chi connectivity index (χ3n) is 5.12. The molecule has 3 heteroatoms. The summed E-state index contributed by atoms with van der Waals surface area (Å²) in [7, 11) is 0. The molecule has 4 rings (SSSR count). The zero-order chi connectivity index (χ0) is 16.5. The van der Waals surface area contributed by atoms with E-state index in [0.717, 1.165) is 25.8 Å². The van der Waals surface area contributed by atoms with Crippen LogP contribution in [-0.4, -0.2) is 15.6 Å². The Labute approximate surface area is 141 Å². The van der Waals surface area contributed by atoms with Gasteiger partial charge in [0.2, 0.25) is 0 Å². The summed E-state index contributed by atoms with van der Waals surface area (Å²) in [6.45, 7) is 0.875. The van der Waals surface area contributed by atoms with Crippen LogP contribution < -0.4 is 0 Å². The molecule has 1 atom stereocenters. The second kappa shape index (κ2) is 6.16. The Bertz CT molecular complexity index is 879. The van der Waals surface area contributed by atoms with Gasteiger partial charge in [0, 0.05) is 29.6 Å². The van der Waals surface area contributed by atoms with E-state index >= 15 is 0 Å². The maximum Gasteiger partial charge on any atom is 0.303 e. The first-order valence-corrected chi connectivity index (χ1v) is 8.57. The number of fused-ring (bicyclic) bond motifs is 3. The number of carboxylic acids is 1. The number of carbonyl (C=O) groups is 1. The Morgan fingerprint density at radius 3 is 2.62 bits per heavy atom. The number of benzene rings is 2. The minimum Gasteiger partial charge on any atom is -0.481 e. The zero-order valence-electron chi connectivity index (χ0n) is 13.6. The topological polar surface area (TPSA) is 42.2 Å². The monoisotopic (exact) mass is 319 g/mol. The van der Waals surface area contributed by atoms with E-state index in [1.165, 1.54) is 27.7 Å². The Kier molecular flexibility index (Phi) is 3.85. The van der Waals surface area contributed by atoms with E-state index in [-0.39, 0.29) is 12.3 Å². The van der Waals surface area contributed by atoms with E-state index in [0.29, 0.717) is 0 Å². The van der Waals surface area contributed by atoms with Crippen molar-refractivity contribution in [3.8, 4) is 0 Å². The zero-order valence-corrected chi connectivity index (χ0v) is 13.6. The summed E-state index contributed by atoms with van der Waals surface area (Å²) in [6.07, 6.45) is 3.08. The van der Waals surface area contributed by atoms with Crippen molar-refractivity contribution >= 4 is 16.9 Å². The molecule has 0 amide bonds. The van der Waals surface area contributed by atoms with Crippen LogP contribution in [0.5, 0.6) is 0 Å². The maximum atomic E-state index is 11.1. The molecule has 2 aromatic carbocycles. The van der Waals surface area contributed by atoms with Gasteiger partial charge in [-0.3, -0.25) is 4.79 Å². The first-order valence-electron chi connectivity index (χ1n) is 8.57. The fraction of sp³-hybridized carbons (Fsp3) is 0.286. The van der Waals surface area contributed by atoms with Gasteiger partial charge in [0.15, 0.2) is 0 Å². The number of aromatic nitrogens is 1. The summed E-state index contributed by atoms with van der Waals surface area (Å²) in [5.41, 5.74) is 5.32. The van der Waals surface area contributed by atoms with E-state index in [4.69, 9.17) is 5.11 Å². The number of carboxylic acid groups (broad SMARTS) is 1. The summed E-state index contributed by atoms with van der Waals surface area (Å²) >= 11 is 0. The fourth-order valence-corrected chi connectivity index (χ4v) is 4.04. The SMILES string of the molecule is O=C(O)CC1CCc2c(c3ccccc3n2Cc2ccccc2)C1. The number of aliphatic carboxylic acids is 1. The lowest BCUT2D eigenvalue weighted by atomic mass is 9.84. The van der Waals surface area contributed by atoms with Crippen LogP contribution in [0, 0.1) is 5.92 Å². The van der Waals surface area contributed by atoms with Gasteiger partial charge in [-0.25, -0.2) is 0 Å². The highest BCUT2D eigenvalue weighted by Gasteiger charge is 2.26. The molecular weight excluding hydrogens is 298 g/mol. The third-order valence-corrected chi connectivity index (χ3v) is 5.12. The smallest absolute Gasteiger partial charge is 0.303 e. The molecule has 1 heterocycles. The van der Waals surface area contributed by atoms with Crippen LogP contribution in [-0.2, 0) is 24.2 Å². The average Bonchev–Trinajstić information content (AvgIpc) is 2.89. The highest BCUT2D eigenvalue weighted by Crippen LogP contribution is 2.35. The van der Waals surface area contributed by atoms with E-state index in [9.17, 15) is 4.79 Å². The molecule has 0 saturated heterocycles. The molecule has 3 nitrogen and oxygen atoms in total. The Morgan fingerprint density at radius 2 is 1.83 bits per heavy atom. The van der Waals surface area contributed by atoms with E-state index in [1.54, 1.807) is 0 Å². The molecular formula is C21H21NO2. The normalized spacial score (nSPS) is 16.9.